The maximum Gasteiger partial charge on any atom is 0.311 e. The maximum absolute atomic E-state index is 12.2. The van der Waals surface area contributed by atoms with Gasteiger partial charge in [-0.05, 0) is 55.3 Å². The van der Waals surface area contributed by atoms with Crippen LogP contribution in [0.1, 0.15) is 24.8 Å². The number of carbonyl (C=O) groups is 2. The molecule has 7 heteroatoms. The summed E-state index contributed by atoms with van der Waals surface area (Å²) >= 11 is 0. The molecule has 0 radical (unpaired) electrons. The summed E-state index contributed by atoms with van der Waals surface area (Å²) in [5.74, 6) is 1.12. The predicted molar refractivity (Wildman–Crippen MR) is 120 cm³/mol. The maximum atomic E-state index is 12.2. The number of hydrogen-bond donors (Lipinski definition) is 1. The third-order valence-corrected chi connectivity index (χ3v) is 5.87. The lowest BCUT2D eigenvalue weighted by Crippen LogP contribution is -2.46. The molecule has 31 heavy (non-hydrogen) atoms. The Morgan fingerprint density at radius 1 is 1.00 bits per heavy atom. The fourth-order valence-electron chi connectivity index (χ4n) is 4.07. The van der Waals surface area contributed by atoms with Crippen molar-refractivity contribution < 1.29 is 19.1 Å². The SMILES string of the molecule is COc1ccc(N2CCN(CCCC(=O)Oc3ccc4c(c3)NC(=O)CC4)CC2)cc1. The highest BCUT2D eigenvalue weighted by Gasteiger charge is 2.18. The van der Waals surface area contributed by atoms with E-state index in [1.54, 1.807) is 19.2 Å². The van der Waals surface area contributed by atoms with Gasteiger partial charge in [0.05, 0.1) is 7.11 Å². The second-order valence-electron chi connectivity index (χ2n) is 7.97. The average molecular weight is 424 g/mol. The molecule has 2 aliphatic rings. The number of esters is 1. The van der Waals surface area contributed by atoms with Crippen molar-refractivity contribution in [2.45, 2.75) is 25.7 Å². The van der Waals surface area contributed by atoms with Crippen LogP contribution in [0.3, 0.4) is 0 Å². The first-order valence-electron chi connectivity index (χ1n) is 10.9. The Labute approximate surface area is 182 Å². The number of amides is 1. The Morgan fingerprint density at radius 3 is 2.48 bits per heavy atom. The van der Waals surface area contributed by atoms with Crippen molar-refractivity contribution in [2.75, 3.05) is 50.1 Å². The summed E-state index contributed by atoms with van der Waals surface area (Å²) in [5, 5.41) is 2.83. The first-order valence-corrected chi connectivity index (χ1v) is 10.9. The molecule has 2 aliphatic heterocycles. The van der Waals surface area contributed by atoms with Gasteiger partial charge in [-0.2, -0.15) is 0 Å². The van der Waals surface area contributed by atoms with Gasteiger partial charge in [0.1, 0.15) is 11.5 Å². The minimum absolute atomic E-state index is 0.00284. The van der Waals surface area contributed by atoms with E-state index in [4.69, 9.17) is 9.47 Å². The molecule has 2 heterocycles. The Balaban J connectivity index is 1.17. The molecule has 7 nitrogen and oxygen atoms in total. The lowest BCUT2D eigenvalue weighted by molar-refractivity contribution is -0.134. The van der Waals surface area contributed by atoms with Crippen molar-refractivity contribution in [2.24, 2.45) is 0 Å². The van der Waals surface area contributed by atoms with Crippen molar-refractivity contribution >= 4 is 23.3 Å². The summed E-state index contributed by atoms with van der Waals surface area (Å²) in [4.78, 5) is 28.5. The standard InChI is InChI=1S/C24H29N3O4/c1-30-20-9-6-19(7-10-20)27-15-13-26(14-16-27)12-2-3-24(29)31-21-8-4-18-5-11-23(28)25-22(18)17-21/h4,6-10,17H,2-3,5,11-16H2,1H3,(H,25,28). The van der Waals surface area contributed by atoms with Crippen molar-refractivity contribution in [1.29, 1.82) is 0 Å². The normalized spacial score (nSPS) is 16.4. The summed E-state index contributed by atoms with van der Waals surface area (Å²) in [6, 6.07) is 13.6. The molecule has 0 unspecified atom stereocenters. The number of anilines is 2. The monoisotopic (exact) mass is 423 g/mol. The lowest BCUT2D eigenvalue weighted by atomic mass is 10.0. The van der Waals surface area contributed by atoms with Crippen LogP contribution in [0, 0.1) is 0 Å². The first kappa shape index (κ1) is 21.2. The molecular formula is C24H29N3O4. The summed E-state index contributed by atoms with van der Waals surface area (Å²) in [6.45, 7) is 4.78. The number of piperazine rings is 1. The molecule has 0 bridgehead atoms. The average Bonchev–Trinajstić information content (AvgIpc) is 2.79. The molecule has 1 saturated heterocycles. The van der Waals surface area contributed by atoms with Crippen LogP contribution in [0.5, 0.6) is 11.5 Å². The smallest absolute Gasteiger partial charge is 0.311 e. The third-order valence-electron chi connectivity index (χ3n) is 5.87. The molecule has 0 aliphatic carbocycles. The van der Waals surface area contributed by atoms with E-state index in [1.165, 1.54) is 5.69 Å². The van der Waals surface area contributed by atoms with Gasteiger partial charge in [0.15, 0.2) is 0 Å². The van der Waals surface area contributed by atoms with Crippen LogP contribution in [0.2, 0.25) is 0 Å². The highest BCUT2D eigenvalue weighted by molar-refractivity contribution is 5.94. The van der Waals surface area contributed by atoms with E-state index in [0.29, 0.717) is 18.6 Å². The molecule has 1 fully saturated rings. The van der Waals surface area contributed by atoms with E-state index in [-0.39, 0.29) is 11.9 Å². The van der Waals surface area contributed by atoms with Crippen LogP contribution in [0.4, 0.5) is 11.4 Å². The summed E-state index contributed by atoms with van der Waals surface area (Å²) in [7, 11) is 1.68. The van der Waals surface area contributed by atoms with Gasteiger partial charge in [-0.15, -0.1) is 0 Å². The van der Waals surface area contributed by atoms with E-state index >= 15 is 0 Å². The fourth-order valence-corrected chi connectivity index (χ4v) is 4.07. The molecule has 164 valence electrons. The number of fused-ring (bicyclic) bond motifs is 1. The molecule has 4 rings (SSSR count). The number of benzene rings is 2. The van der Waals surface area contributed by atoms with Crippen LogP contribution in [-0.2, 0) is 16.0 Å². The molecule has 0 atom stereocenters. The summed E-state index contributed by atoms with van der Waals surface area (Å²) in [5.41, 5.74) is 3.04. The highest BCUT2D eigenvalue weighted by atomic mass is 16.5. The molecule has 2 aromatic carbocycles. The molecule has 0 saturated carbocycles. The molecule has 1 amide bonds. The Bertz CT molecular complexity index is 921. The second-order valence-corrected chi connectivity index (χ2v) is 7.97. The molecule has 0 aromatic heterocycles. The van der Waals surface area contributed by atoms with Gasteiger partial charge in [-0.1, -0.05) is 6.07 Å². The van der Waals surface area contributed by atoms with E-state index in [2.05, 4.69) is 27.2 Å². The number of nitrogens with one attached hydrogen (secondary N) is 1. The van der Waals surface area contributed by atoms with Gasteiger partial charge in [0.25, 0.3) is 0 Å². The third kappa shape index (κ3) is 5.55. The second kappa shape index (κ2) is 9.83. The van der Waals surface area contributed by atoms with Crippen LogP contribution in [-0.4, -0.2) is 56.6 Å². The summed E-state index contributed by atoms with van der Waals surface area (Å²) in [6.07, 6.45) is 2.37. The Morgan fingerprint density at radius 2 is 1.74 bits per heavy atom. The number of ether oxygens (including phenoxy) is 2. The number of rotatable bonds is 7. The lowest BCUT2D eigenvalue weighted by Gasteiger charge is -2.36. The number of hydrogen-bond acceptors (Lipinski definition) is 6. The van der Waals surface area contributed by atoms with Crippen LogP contribution in [0.15, 0.2) is 42.5 Å². The van der Waals surface area contributed by atoms with E-state index in [1.807, 2.05) is 18.2 Å². The van der Waals surface area contributed by atoms with Crippen LogP contribution in [0.25, 0.3) is 0 Å². The van der Waals surface area contributed by atoms with Crippen LogP contribution >= 0.6 is 0 Å². The van der Waals surface area contributed by atoms with Crippen molar-refractivity contribution in [3.8, 4) is 11.5 Å². The first-order chi connectivity index (χ1) is 15.1. The molecular weight excluding hydrogens is 394 g/mol. The quantitative estimate of drug-likeness (QED) is 0.545. The molecule has 0 spiro atoms. The Hall–Kier alpha value is -3.06. The number of aryl methyl sites for hydroxylation is 1. The fraction of sp³-hybridized carbons (Fsp3) is 0.417. The van der Waals surface area contributed by atoms with Crippen molar-refractivity contribution in [1.82, 2.24) is 4.90 Å². The topological polar surface area (TPSA) is 71.1 Å². The largest absolute Gasteiger partial charge is 0.497 e. The van der Waals surface area contributed by atoms with Crippen molar-refractivity contribution in [3.05, 3.63) is 48.0 Å². The molecule has 1 N–H and O–H groups in total. The minimum Gasteiger partial charge on any atom is -0.497 e. The van der Waals surface area contributed by atoms with E-state index < -0.39 is 0 Å². The van der Waals surface area contributed by atoms with E-state index in [9.17, 15) is 9.59 Å². The van der Waals surface area contributed by atoms with Gasteiger partial charge in [0.2, 0.25) is 5.91 Å². The number of methoxy groups -OCH3 is 1. The van der Waals surface area contributed by atoms with E-state index in [0.717, 1.165) is 62.6 Å². The minimum atomic E-state index is -0.237. The predicted octanol–water partition coefficient (Wildman–Crippen LogP) is 3.09. The zero-order chi connectivity index (χ0) is 21.6. The number of carbonyl (C=O) groups excluding carboxylic acids is 2. The van der Waals surface area contributed by atoms with Crippen LogP contribution < -0.4 is 19.7 Å². The highest BCUT2D eigenvalue weighted by Crippen LogP contribution is 2.27. The van der Waals surface area contributed by atoms with Gasteiger partial charge in [0, 0.05) is 56.5 Å². The summed E-state index contributed by atoms with van der Waals surface area (Å²) < 4.78 is 10.7. The van der Waals surface area contributed by atoms with Gasteiger partial charge < -0.3 is 19.7 Å². The zero-order valence-electron chi connectivity index (χ0n) is 17.9. The Kier molecular flexibility index (Phi) is 6.72. The van der Waals surface area contributed by atoms with Gasteiger partial charge in [-0.25, -0.2) is 0 Å². The molecule has 2 aromatic rings. The zero-order valence-corrected chi connectivity index (χ0v) is 17.9. The number of nitrogens with zero attached hydrogens (tertiary/aromatic N) is 2. The van der Waals surface area contributed by atoms with Crippen molar-refractivity contribution in [3.63, 3.8) is 0 Å². The van der Waals surface area contributed by atoms with Gasteiger partial charge in [-0.3, -0.25) is 14.5 Å². The van der Waals surface area contributed by atoms with Gasteiger partial charge >= 0.3 is 5.97 Å².